The molecule has 0 N–H and O–H groups in total. The average Bonchev–Trinajstić information content (AvgIpc) is 2.36. The molecule has 5 heteroatoms. The molecule has 0 saturated heterocycles. The van der Waals surface area contributed by atoms with Crippen LogP contribution in [0.3, 0.4) is 0 Å². The molecule has 0 aromatic carbocycles. The molecule has 2 nitrogen and oxygen atoms in total. The summed E-state index contributed by atoms with van der Waals surface area (Å²) >= 11 is 0. The van der Waals surface area contributed by atoms with Crippen molar-refractivity contribution < 1.29 is 0 Å². The summed E-state index contributed by atoms with van der Waals surface area (Å²) in [6.45, 7) is 2.66. The van der Waals surface area contributed by atoms with Crippen LogP contribution in [0.2, 0.25) is 6.32 Å². The Morgan fingerprint density at radius 1 is 1.80 bits per heavy atom. The van der Waals surface area contributed by atoms with E-state index in [9.17, 15) is 0 Å². The van der Waals surface area contributed by atoms with E-state index < -0.39 is 0 Å². The van der Waals surface area contributed by atoms with E-state index in [4.69, 9.17) is 0 Å². The molecule has 46 valence electrons. The average molecular weight is 128 g/mol. The van der Waals surface area contributed by atoms with Crippen LogP contribution < -0.4 is 5.59 Å². The van der Waals surface area contributed by atoms with Crippen molar-refractivity contribution in [1.82, 2.24) is 9.69 Å². The summed E-state index contributed by atoms with van der Waals surface area (Å²) in [4.78, 5) is 0. The van der Waals surface area contributed by atoms with Crippen molar-refractivity contribution in [2.45, 2.75) is 6.32 Å². The summed E-state index contributed by atoms with van der Waals surface area (Å²) < 4.78 is 2.06. The predicted molar refractivity (Wildman–Crippen MR) is 48.2 cm³/mol. The van der Waals surface area contributed by atoms with Gasteiger partial charge in [0.1, 0.15) is 0 Å². The Labute approximate surface area is 62.0 Å². The van der Waals surface area contributed by atoms with Gasteiger partial charge in [-0.25, -0.2) is 0 Å². The third kappa shape index (κ3) is 0.771. The Balaban J connectivity index is 2.52. The molecule has 0 radical (unpaired) electrons. The molecular weight excluding hydrogens is 121 g/mol. The first-order valence-electron chi connectivity index (χ1n) is 3.58. The Morgan fingerprint density at radius 3 is 3.50 bits per heavy atom. The monoisotopic (exact) mass is 128 g/mol. The first-order chi connectivity index (χ1) is 4.88. The molecule has 1 aromatic rings. The molecule has 1 aromatic heterocycles. The minimum absolute atomic E-state index is 0.537. The molecule has 2 rings (SSSR count). The van der Waals surface area contributed by atoms with Gasteiger partial charge in [-0.05, 0) is 0 Å². The normalized spacial score (nSPS) is 14.6. The zero-order valence-corrected chi connectivity index (χ0v) is 5.99. The van der Waals surface area contributed by atoms with Crippen LogP contribution in [-0.2, 0) is 0 Å². The maximum atomic E-state index is 4.20. The van der Waals surface area contributed by atoms with E-state index in [1.54, 1.807) is 0 Å². The van der Waals surface area contributed by atoms with Crippen LogP contribution in [0.1, 0.15) is 0 Å². The first-order valence-corrected chi connectivity index (χ1v) is 3.58. The summed E-state index contributed by atoms with van der Waals surface area (Å²) in [6, 6.07) is 2.03. The van der Waals surface area contributed by atoms with E-state index >= 15 is 0 Å². The molecule has 10 heavy (non-hydrogen) atoms. The van der Waals surface area contributed by atoms with Gasteiger partial charge in [0.25, 0.3) is 0 Å². The molecule has 0 fully saturated rings. The van der Waals surface area contributed by atoms with Crippen molar-refractivity contribution in [3.05, 3.63) is 12.3 Å². The van der Waals surface area contributed by atoms with Crippen LogP contribution in [0.4, 0.5) is 0 Å². The summed E-state index contributed by atoms with van der Waals surface area (Å²) in [5.74, 6) is 2.20. The van der Waals surface area contributed by atoms with E-state index in [1.807, 2.05) is 12.3 Å². The van der Waals surface area contributed by atoms with Crippen molar-refractivity contribution in [2.24, 2.45) is 0 Å². The Kier molecular flexibility index (Phi) is 1.29. The molecule has 0 unspecified atom stereocenters. The predicted octanol–water partition coefficient (Wildman–Crippen LogP) is -2.00. The number of hydrogen-bond acceptors (Lipinski definition) is 1. The fourth-order valence-corrected chi connectivity index (χ4v) is 1.31. The van der Waals surface area contributed by atoms with Gasteiger partial charge in [0, 0.05) is 0 Å². The number of rotatable bonds is 0. The summed E-state index contributed by atoms with van der Waals surface area (Å²) in [6.07, 6.45) is 2.95. The Morgan fingerprint density at radius 2 is 2.70 bits per heavy atom. The number of hydrogen-bond donors (Lipinski definition) is 0. The second kappa shape index (κ2) is 2.15. The molecule has 2 heterocycles. The van der Waals surface area contributed by atoms with E-state index in [1.165, 1.54) is 5.59 Å². The van der Waals surface area contributed by atoms with Crippen molar-refractivity contribution in [3.63, 3.8) is 0 Å². The van der Waals surface area contributed by atoms with Crippen LogP contribution >= 0.6 is 0 Å². The van der Waals surface area contributed by atoms with Gasteiger partial charge in [0.2, 0.25) is 0 Å². The Hall–Kier alpha value is -0.725. The van der Waals surface area contributed by atoms with Gasteiger partial charge in [-0.15, -0.1) is 0 Å². The van der Waals surface area contributed by atoms with Gasteiger partial charge in [0.05, 0.1) is 0 Å². The van der Waals surface area contributed by atoms with Crippen molar-refractivity contribution in [1.29, 1.82) is 0 Å². The SMILES string of the molecule is BB1CC=Bc2ccnn21. The molecule has 1 aliphatic heterocycles. The maximum absolute atomic E-state index is 4.20. The van der Waals surface area contributed by atoms with E-state index in [0.717, 1.165) is 6.32 Å². The van der Waals surface area contributed by atoms with Crippen molar-refractivity contribution in [3.8, 4) is 0 Å². The molecule has 0 bridgehead atoms. The molecule has 0 aliphatic carbocycles. The van der Waals surface area contributed by atoms with Crippen LogP contribution in [0, 0.1) is 0 Å². The third-order valence-corrected chi connectivity index (χ3v) is 1.88. The quantitative estimate of drug-likeness (QED) is 0.369. The van der Waals surface area contributed by atoms with Gasteiger partial charge in [-0.2, -0.15) is 0 Å². The summed E-state index contributed by atoms with van der Waals surface area (Å²) in [5, 5.41) is 4.20. The standard InChI is InChI=1S/C5H7B3N2/c6-8-3-2-7-5-1-4-9-10(5)8/h1-2,4H,3,6H2. The number of fused-ring (bicyclic) bond motifs is 1. The fraction of sp³-hybridized carbons (Fsp3) is 0.200. The third-order valence-electron chi connectivity index (χ3n) is 1.88. The first kappa shape index (κ1) is 6.02. The van der Waals surface area contributed by atoms with Gasteiger partial charge in [-0.3, -0.25) is 0 Å². The minimum atomic E-state index is 0.537. The second-order valence-electron chi connectivity index (χ2n) is 2.69. The fourth-order valence-electron chi connectivity index (χ4n) is 1.31. The Bertz CT molecular complexity index is 268. The molecular formula is C5H7B3N2. The molecule has 0 saturated carbocycles. The van der Waals surface area contributed by atoms with E-state index in [2.05, 4.69) is 30.3 Å². The number of nitrogens with zero attached hydrogens (tertiary/aromatic N) is 2. The van der Waals surface area contributed by atoms with Gasteiger partial charge in [-0.1, -0.05) is 0 Å². The van der Waals surface area contributed by atoms with Crippen molar-refractivity contribution >= 4 is 33.0 Å². The van der Waals surface area contributed by atoms with Crippen molar-refractivity contribution in [2.75, 3.05) is 0 Å². The van der Waals surface area contributed by atoms with Crippen LogP contribution in [0.5, 0.6) is 0 Å². The summed E-state index contributed by atoms with van der Waals surface area (Å²) in [7, 11) is 2.18. The van der Waals surface area contributed by atoms with Gasteiger partial charge in [0.15, 0.2) is 0 Å². The van der Waals surface area contributed by atoms with Crippen LogP contribution in [-0.4, -0.2) is 37.1 Å². The van der Waals surface area contributed by atoms with E-state index in [-0.39, 0.29) is 0 Å². The second-order valence-corrected chi connectivity index (χ2v) is 2.69. The number of aromatic nitrogens is 2. The topological polar surface area (TPSA) is 17.8 Å². The molecule has 0 atom stereocenters. The van der Waals surface area contributed by atoms with Gasteiger partial charge >= 0.3 is 61.2 Å². The zero-order valence-electron chi connectivity index (χ0n) is 5.99. The van der Waals surface area contributed by atoms with Crippen LogP contribution in [0.15, 0.2) is 12.3 Å². The molecule has 1 aliphatic rings. The zero-order chi connectivity index (χ0) is 6.97. The van der Waals surface area contributed by atoms with Gasteiger partial charge < -0.3 is 0 Å². The van der Waals surface area contributed by atoms with Crippen LogP contribution in [0.25, 0.3) is 0 Å². The molecule has 0 amide bonds. The summed E-state index contributed by atoms with van der Waals surface area (Å²) in [5.41, 5.74) is 1.22. The van der Waals surface area contributed by atoms with E-state index in [0.29, 0.717) is 6.74 Å². The molecule has 0 spiro atoms.